The van der Waals surface area contributed by atoms with Gasteiger partial charge in [-0.25, -0.2) is 0 Å². The first kappa shape index (κ1) is 14.9. The standard InChI is InChI=1S/C19H17N3O/c1-14(16-5-4-11-20-13-16)22-19(23)9-8-15-10-12-21-18-7-3-2-6-17(15)18/h2-14H,1H3,(H,22,23). The summed E-state index contributed by atoms with van der Waals surface area (Å²) in [7, 11) is 0. The Morgan fingerprint density at radius 1 is 1.13 bits per heavy atom. The molecule has 0 aliphatic carbocycles. The lowest BCUT2D eigenvalue weighted by Gasteiger charge is -2.12. The van der Waals surface area contributed by atoms with Crippen molar-refractivity contribution < 1.29 is 4.79 Å². The summed E-state index contributed by atoms with van der Waals surface area (Å²) < 4.78 is 0. The molecule has 0 saturated heterocycles. The van der Waals surface area contributed by atoms with Crippen LogP contribution in [0, 0.1) is 0 Å². The molecule has 0 fully saturated rings. The number of amides is 1. The Bertz CT molecular complexity index is 838. The quantitative estimate of drug-likeness (QED) is 0.750. The molecule has 2 aromatic heterocycles. The van der Waals surface area contributed by atoms with Gasteiger partial charge >= 0.3 is 0 Å². The number of fused-ring (bicyclic) bond motifs is 1. The fourth-order valence-electron chi connectivity index (χ4n) is 2.41. The lowest BCUT2D eigenvalue weighted by molar-refractivity contribution is -0.117. The first-order valence-corrected chi connectivity index (χ1v) is 7.46. The third-order valence-electron chi connectivity index (χ3n) is 3.64. The normalized spacial score (nSPS) is 12.4. The molecule has 2 heterocycles. The van der Waals surface area contributed by atoms with E-state index in [0.717, 1.165) is 22.0 Å². The van der Waals surface area contributed by atoms with E-state index in [1.165, 1.54) is 0 Å². The Balaban J connectivity index is 1.73. The van der Waals surface area contributed by atoms with Crippen molar-refractivity contribution in [3.05, 3.63) is 78.3 Å². The van der Waals surface area contributed by atoms with E-state index in [9.17, 15) is 4.79 Å². The molecule has 1 N–H and O–H groups in total. The van der Waals surface area contributed by atoms with Gasteiger partial charge in [0.1, 0.15) is 0 Å². The maximum atomic E-state index is 12.1. The Hall–Kier alpha value is -3.01. The van der Waals surface area contributed by atoms with Gasteiger partial charge < -0.3 is 5.32 Å². The van der Waals surface area contributed by atoms with Crippen molar-refractivity contribution in [2.45, 2.75) is 13.0 Å². The van der Waals surface area contributed by atoms with Crippen LogP contribution in [0.25, 0.3) is 17.0 Å². The summed E-state index contributed by atoms with van der Waals surface area (Å²) in [5.41, 5.74) is 2.86. The number of carbonyl (C=O) groups is 1. The lowest BCUT2D eigenvalue weighted by atomic mass is 10.1. The molecule has 3 aromatic rings. The molecule has 23 heavy (non-hydrogen) atoms. The van der Waals surface area contributed by atoms with Gasteiger partial charge in [-0.1, -0.05) is 24.3 Å². The summed E-state index contributed by atoms with van der Waals surface area (Å²) in [5.74, 6) is -0.137. The molecule has 0 saturated carbocycles. The van der Waals surface area contributed by atoms with E-state index in [4.69, 9.17) is 0 Å². The fourth-order valence-corrected chi connectivity index (χ4v) is 2.41. The van der Waals surface area contributed by atoms with Crippen molar-refractivity contribution in [1.29, 1.82) is 0 Å². The highest BCUT2D eigenvalue weighted by Gasteiger charge is 2.07. The average molecular weight is 303 g/mol. The molecule has 0 spiro atoms. The smallest absolute Gasteiger partial charge is 0.244 e. The number of hydrogen-bond acceptors (Lipinski definition) is 3. The van der Waals surface area contributed by atoms with E-state index in [0.29, 0.717) is 0 Å². The maximum Gasteiger partial charge on any atom is 0.244 e. The van der Waals surface area contributed by atoms with Crippen LogP contribution in [-0.4, -0.2) is 15.9 Å². The highest BCUT2D eigenvalue weighted by Crippen LogP contribution is 2.17. The number of hydrogen-bond donors (Lipinski definition) is 1. The molecule has 0 aliphatic rings. The highest BCUT2D eigenvalue weighted by atomic mass is 16.1. The van der Waals surface area contributed by atoms with Crippen molar-refractivity contribution in [1.82, 2.24) is 15.3 Å². The molecule has 4 heteroatoms. The van der Waals surface area contributed by atoms with Gasteiger partial charge in [0.15, 0.2) is 0 Å². The summed E-state index contributed by atoms with van der Waals surface area (Å²) in [6.07, 6.45) is 8.58. The zero-order chi connectivity index (χ0) is 16.1. The average Bonchev–Trinajstić information content (AvgIpc) is 2.60. The summed E-state index contributed by atoms with van der Waals surface area (Å²) in [6.45, 7) is 1.94. The molecule has 0 bridgehead atoms. The number of para-hydroxylation sites is 1. The third kappa shape index (κ3) is 3.61. The number of aromatic nitrogens is 2. The topological polar surface area (TPSA) is 54.9 Å². The minimum Gasteiger partial charge on any atom is -0.346 e. The van der Waals surface area contributed by atoms with E-state index in [1.807, 2.05) is 55.5 Å². The van der Waals surface area contributed by atoms with Crippen molar-refractivity contribution in [3.63, 3.8) is 0 Å². The first-order valence-electron chi connectivity index (χ1n) is 7.46. The number of nitrogens with one attached hydrogen (secondary N) is 1. The van der Waals surface area contributed by atoms with Gasteiger partial charge in [0.05, 0.1) is 11.6 Å². The third-order valence-corrected chi connectivity index (χ3v) is 3.64. The van der Waals surface area contributed by atoms with E-state index in [-0.39, 0.29) is 11.9 Å². The van der Waals surface area contributed by atoms with Crippen LogP contribution in [0.4, 0.5) is 0 Å². The Labute approximate surface area is 134 Å². The molecule has 1 aromatic carbocycles. The van der Waals surface area contributed by atoms with E-state index in [2.05, 4.69) is 15.3 Å². The predicted octanol–water partition coefficient (Wildman–Crippen LogP) is 3.52. The molecule has 1 amide bonds. The second kappa shape index (κ2) is 6.83. The minimum atomic E-state index is -0.137. The second-order valence-corrected chi connectivity index (χ2v) is 5.27. The zero-order valence-corrected chi connectivity index (χ0v) is 12.8. The summed E-state index contributed by atoms with van der Waals surface area (Å²) >= 11 is 0. The van der Waals surface area contributed by atoms with Gasteiger partial charge in [-0.3, -0.25) is 14.8 Å². The lowest BCUT2D eigenvalue weighted by Crippen LogP contribution is -2.24. The van der Waals surface area contributed by atoms with Gasteiger partial charge in [0.2, 0.25) is 5.91 Å². The molecule has 4 nitrogen and oxygen atoms in total. The van der Waals surface area contributed by atoms with Crippen molar-refractivity contribution >= 4 is 22.9 Å². The largest absolute Gasteiger partial charge is 0.346 e. The molecular weight excluding hydrogens is 286 g/mol. The number of carbonyl (C=O) groups excluding carboxylic acids is 1. The van der Waals surface area contributed by atoms with Crippen molar-refractivity contribution in [2.75, 3.05) is 0 Å². The predicted molar refractivity (Wildman–Crippen MR) is 91.6 cm³/mol. The van der Waals surface area contributed by atoms with Crippen LogP contribution in [0.5, 0.6) is 0 Å². The van der Waals surface area contributed by atoms with Gasteiger partial charge in [0, 0.05) is 30.1 Å². The van der Waals surface area contributed by atoms with Gasteiger partial charge in [-0.15, -0.1) is 0 Å². The van der Waals surface area contributed by atoms with Crippen LogP contribution in [0.15, 0.2) is 67.1 Å². The molecule has 0 aliphatic heterocycles. The van der Waals surface area contributed by atoms with E-state index >= 15 is 0 Å². The molecule has 114 valence electrons. The SMILES string of the molecule is CC(NC(=O)C=Cc1ccnc2ccccc12)c1cccnc1. The van der Waals surface area contributed by atoms with Crippen LogP contribution in [-0.2, 0) is 4.79 Å². The van der Waals surface area contributed by atoms with Gasteiger partial charge in [0.25, 0.3) is 0 Å². The van der Waals surface area contributed by atoms with Crippen LogP contribution in [0.2, 0.25) is 0 Å². The van der Waals surface area contributed by atoms with Crippen molar-refractivity contribution in [2.24, 2.45) is 0 Å². The van der Waals surface area contributed by atoms with E-state index < -0.39 is 0 Å². The maximum absolute atomic E-state index is 12.1. The number of rotatable bonds is 4. The Kier molecular flexibility index (Phi) is 4.43. The van der Waals surface area contributed by atoms with Crippen molar-refractivity contribution in [3.8, 4) is 0 Å². The van der Waals surface area contributed by atoms with Crippen LogP contribution in [0.3, 0.4) is 0 Å². The van der Waals surface area contributed by atoms with Gasteiger partial charge in [-0.2, -0.15) is 0 Å². The molecular formula is C19H17N3O. The Morgan fingerprint density at radius 3 is 2.83 bits per heavy atom. The monoisotopic (exact) mass is 303 g/mol. The molecule has 0 radical (unpaired) electrons. The Morgan fingerprint density at radius 2 is 2.00 bits per heavy atom. The number of benzene rings is 1. The molecule has 3 rings (SSSR count). The summed E-state index contributed by atoms with van der Waals surface area (Å²) in [5, 5.41) is 3.96. The number of nitrogens with zero attached hydrogens (tertiary/aromatic N) is 2. The number of pyridine rings is 2. The molecule has 1 atom stereocenters. The first-order chi connectivity index (χ1) is 11.2. The highest BCUT2D eigenvalue weighted by molar-refractivity contribution is 5.95. The fraction of sp³-hybridized carbons (Fsp3) is 0.105. The summed E-state index contributed by atoms with van der Waals surface area (Å²) in [6, 6.07) is 13.5. The van der Waals surface area contributed by atoms with E-state index in [1.54, 1.807) is 24.7 Å². The van der Waals surface area contributed by atoms with Crippen LogP contribution in [0.1, 0.15) is 24.1 Å². The van der Waals surface area contributed by atoms with Crippen LogP contribution < -0.4 is 5.32 Å². The van der Waals surface area contributed by atoms with Gasteiger partial charge in [-0.05, 0) is 42.3 Å². The van der Waals surface area contributed by atoms with Crippen LogP contribution >= 0.6 is 0 Å². The second-order valence-electron chi connectivity index (χ2n) is 5.27. The molecule has 1 unspecified atom stereocenters. The zero-order valence-electron chi connectivity index (χ0n) is 12.8. The summed E-state index contributed by atoms with van der Waals surface area (Å²) in [4.78, 5) is 20.5. The minimum absolute atomic E-state index is 0.0879.